The van der Waals surface area contributed by atoms with E-state index < -0.39 is 0 Å². The van der Waals surface area contributed by atoms with E-state index in [2.05, 4.69) is 25.2 Å². The molecule has 1 saturated heterocycles. The number of rotatable bonds is 11. The number of aliphatic hydroxyl groups is 1. The van der Waals surface area contributed by atoms with Crippen LogP contribution in [0.1, 0.15) is 67.9 Å². The lowest BCUT2D eigenvalue weighted by atomic mass is 10.2. The molecule has 11 heteroatoms. The van der Waals surface area contributed by atoms with E-state index in [1.54, 1.807) is 17.2 Å². The van der Waals surface area contributed by atoms with Crippen LogP contribution in [0.5, 0.6) is 0 Å². The van der Waals surface area contributed by atoms with Crippen LogP contribution < -0.4 is 10.6 Å². The Hall–Kier alpha value is -3.31. The van der Waals surface area contributed by atoms with Crippen LogP contribution in [0.4, 0.5) is 17.5 Å². The van der Waals surface area contributed by atoms with Gasteiger partial charge in [0.1, 0.15) is 5.69 Å². The van der Waals surface area contributed by atoms with E-state index in [0.29, 0.717) is 55.3 Å². The number of ether oxygens (including phenoxy) is 1. The minimum Gasteiger partial charge on any atom is -0.396 e. The van der Waals surface area contributed by atoms with Crippen molar-refractivity contribution >= 4 is 34.5 Å². The predicted octanol–water partition coefficient (Wildman–Crippen LogP) is 3.52. The molecule has 2 aliphatic rings. The topological polar surface area (TPSA) is 130 Å². The number of hydrogen-bond acceptors (Lipinski definition) is 9. The molecule has 0 radical (unpaired) electrons. The Bertz CT molecular complexity index is 1170. The van der Waals surface area contributed by atoms with Gasteiger partial charge in [-0.25, -0.2) is 9.97 Å². The number of nitrogens with one attached hydrogen (secondary N) is 2. The van der Waals surface area contributed by atoms with Crippen molar-refractivity contribution < 1.29 is 14.6 Å². The van der Waals surface area contributed by atoms with Crippen molar-refractivity contribution in [2.75, 3.05) is 50.1 Å². The SMILES string of the molecule is O=C(c1ccc(Nc2nc(NCCCCCCO)nc3c2ncn3C2CCCC2)cn1)N1CCOCC1. The molecule has 0 unspecified atom stereocenters. The lowest BCUT2D eigenvalue weighted by Gasteiger charge is -2.26. The number of carbonyl (C=O) groups excluding carboxylic acids is 1. The molecule has 1 aliphatic heterocycles. The second kappa shape index (κ2) is 12.3. The smallest absolute Gasteiger partial charge is 0.272 e. The van der Waals surface area contributed by atoms with E-state index >= 15 is 0 Å². The third-order valence-electron chi connectivity index (χ3n) is 7.05. The Balaban J connectivity index is 1.34. The number of hydrogen-bond donors (Lipinski definition) is 3. The number of aromatic nitrogens is 5. The third kappa shape index (κ3) is 6.16. The maximum atomic E-state index is 12.7. The summed E-state index contributed by atoms with van der Waals surface area (Å²) in [5.41, 5.74) is 2.67. The maximum Gasteiger partial charge on any atom is 0.272 e. The fourth-order valence-electron chi connectivity index (χ4n) is 4.98. The first-order valence-electron chi connectivity index (χ1n) is 13.4. The van der Waals surface area contributed by atoms with E-state index in [1.807, 2.05) is 12.4 Å². The van der Waals surface area contributed by atoms with Crippen LogP contribution in [0.15, 0.2) is 24.7 Å². The van der Waals surface area contributed by atoms with E-state index in [-0.39, 0.29) is 12.5 Å². The molecule has 4 heterocycles. The number of anilines is 3. The second-order valence-electron chi connectivity index (χ2n) is 9.68. The summed E-state index contributed by atoms with van der Waals surface area (Å²) in [5.74, 6) is 1.09. The molecule has 11 nitrogen and oxygen atoms in total. The molecule has 3 N–H and O–H groups in total. The first-order chi connectivity index (χ1) is 18.2. The second-order valence-corrected chi connectivity index (χ2v) is 9.68. The van der Waals surface area contributed by atoms with E-state index in [1.165, 1.54) is 12.8 Å². The Morgan fingerprint density at radius 3 is 2.62 bits per heavy atom. The summed E-state index contributed by atoms with van der Waals surface area (Å²) in [6, 6.07) is 3.99. The largest absolute Gasteiger partial charge is 0.396 e. The lowest BCUT2D eigenvalue weighted by molar-refractivity contribution is 0.0299. The summed E-state index contributed by atoms with van der Waals surface area (Å²) in [4.78, 5) is 33.1. The van der Waals surface area contributed by atoms with Crippen molar-refractivity contribution in [3.8, 4) is 0 Å². The quantitative estimate of drug-likeness (QED) is 0.333. The van der Waals surface area contributed by atoms with Gasteiger partial charge < -0.3 is 29.9 Å². The number of morpholine rings is 1. The fourth-order valence-corrected chi connectivity index (χ4v) is 4.98. The highest BCUT2D eigenvalue weighted by Crippen LogP contribution is 2.33. The van der Waals surface area contributed by atoms with Crippen LogP contribution in [0.3, 0.4) is 0 Å². The van der Waals surface area contributed by atoms with Gasteiger partial charge in [0, 0.05) is 32.3 Å². The van der Waals surface area contributed by atoms with Gasteiger partial charge in [-0.05, 0) is 37.8 Å². The maximum absolute atomic E-state index is 12.7. The highest BCUT2D eigenvalue weighted by atomic mass is 16.5. The number of amides is 1. The molecule has 1 amide bonds. The number of aliphatic hydroxyl groups excluding tert-OH is 1. The van der Waals surface area contributed by atoms with Gasteiger partial charge in [-0.2, -0.15) is 9.97 Å². The molecule has 3 aromatic rings. The zero-order valence-electron chi connectivity index (χ0n) is 21.2. The van der Waals surface area contributed by atoms with Crippen LogP contribution in [0.25, 0.3) is 11.2 Å². The van der Waals surface area contributed by atoms with Crippen LogP contribution >= 0.6 is 0 Å². The van der Waals surface area contributed by atoms with Gasteiger partial charge in [0.15, 0.2) is 17.0 Å². The molecule has 5 rings (SSSR count). The summed E-state index contributed by atoms with van der Waals surface area (Å²) in [7, 11) is 0. The first-order valence-corrected chi connectivity index (χ1v) is 13.4. The molecule has 0 atom stereocenters. The van der Waals surface area contributed by atoms with Gasteiger partial charge >= 0.3 is 0 Å². The first kappa shape index (κ1) is 25.3. The molecule has 37 heavy (non-hydrogen) atoms. The zero-order chi connectivity index (χ0) is 25.5. The van der Waals surface area contributed by atoms with Gasteiger partial charge in [-0.15, -0.1) is 0 Å². The number of pyridine rings is 1. The van der Waals surface area contributed by atoms with Crippen molar-refractivity contribution in [1.29, 1.82) is 0 Å². The summed E-state index contributed by atoms with van der Waals surface area (Å²) in [5, 5.41) is 15.7. The van der Waals surface area contributed by atoms with E-state index in [9.17, 15) is 4.79 Å². The van der Waals surface area contributed by atoms with Crippen LogP contribution in [0.2, 0.25) is 0 Å². The Morgan fingerprint density at radius 2 is 1.86 bits per heavy atom. The number of imidazole rings is 1. The molecule has 0 bridgehead atoms. The average molecular weight is 509 g/mol. The molecular weight excluding hydrogens is 472 g/mol. The van der Waals surface area contributed by atoms with Gasteiger partial charge in [0.25, 0.3) is 5.91 Å². The van der Waals surface area contributed by atoms with Crippen LogP contribution in [-0.4, -0.2) is 79.9 Å². The number of fused-ring (bicyclic) bond motifs is 1. The fraction of sp³-hybridized carbons (Fsp3) is 0.577. The minimum atomic E-state index is -0.0833. The number of unbranched alkanes of at least 4 members (excludes halogenated alkanes) is 3. The summed E-state index contributed by atoms with van der Waals surface area (Å²) in [6.07, 6.45) is 12.1. The highest BCUT2D eigenvalue weighted by molar-refractivity contribution is 5.93. The summed E-state index contributed by atoms with van der Waals surface area (Å²) in [6.45, 7) is 3.28. The van der Waals surface area contributed by atoms with Gasteiger partial charge in [-0.1, -0.05) is 25.7 Å². The molecule has 198 valence electrons. The Labute approximate surface area is 216 Å². The highest BCUT2D eigenvalue weighted by Gasteiger charge is 2.23. The standard InChI is InChI=1S/C26H36N8O3/c35-14-6-2-1-5-11-27-26-31-23(22-24(32-26)34(18-29-22)20-7-3-4-8-20)30-19-9-10-21(28-17-19)25(36)33-12-15-37-16-13-33/h9-10,17-18,20,35H,1-8,11-16H2,(H2,27,30,31,32). The monoisotopic (exact) mass is 508 g/mol. The number of nitrogens with zero attached hydrogens (tertiary/aromatic N) is 6. The summed E-state index contributed by atoms with van der Waals surface area (Å²) < 4.78 is 7.52. The van der Waals surface area contributed by atoms with Crippen LogP contribution in [-0.2, 0) is 4.74 Å². The Kier molecular flexibility index (Phi) is 8.42. The lowest BCUT2D eigenvalue weighted by Crippen LogP contribution is -2.41. The zero-order valence-corrected chi connectivity index (χ0v) is 21.2. The molecule has 2 fully saturated rings. The van der Waals surface area contributed by atoms with Gasteiger partial charge in [0.05, 0.1) is 31.4 Å². The molecule has 1 saturated carbocycles. The van der Waals surface area contributed by atoms with Crippen molar-refractivity contribution in [2.45, 2.75) is 57.4 Å². The van der Waals surface area contributed by atoms with Crippen molar-refractivity contribution in [3.05, 3.63) is 30.4 Å². The van der Waals surface area contributed by atoms with Gasteiger partial charge in [-0.3, -0.25) is 4.79 Å². The molecule has 3 aromatic heterocycles. The average Bonchev–Trinajstić information content (AvgIpc) is 3.61. The van der Waals surface area contributed by atoms with Crippen molar-refractivity contribution in [1.82, 2.24) is 29.4 Å². The molecule has 1 aliphatic carbocycles. The minimum absolute atomic E-state index is 0.0833. The molecule has 0 spiro atoms. The Morgan fingerprint density at radius 1 is 1.05 bits per heavy atom. The molecule has 0 aromatic carbocycles. The van der Waals surface area contributed by atoms with E-state index in [0.717, 1.165) is 56.4 Å². The van der Waals surface area contributed by atoms with Crippen LogP contribution in [0, 0.1) is 0 Å². The van der Waals surface area contributed by atoms with Crippen molar-refractivity contribution in [2.24, 2.45) is 0 Å². The third-order valence-corrected chi connectivity index (χ3v) is 7.05. The van der Waals surface area contributed by atoms with Crippen molar-refractivity contribution in [3.63, 3.8) is 0 Å². The number of carbonyl (C=O) groups is 1. The normalized spacial score (nSPS) is 16.4. The van der Waals surface area contributed by atoms with Gasteiger partial charge in [0.2, 0.25) is 5.95 Å². The predicted molar refractivity (Wildman–Crippen MR) is 141 cm³/mol. The van der Waals surface area contributed by atoms with E-state index in [4.69, 9.17) is 19.8 Å². The molecular formula is C26H36N8O3. The summed E-state index contributed by atoms with van der Waals surface area (Å²) >= 11 is 0.